The van der Waals surface area contributed by atoms with Gasteiger partial charge in [-0.15, -0.1) is 0 Å². The molecule has 1 N–H and O–H groups in total. The van der Waals surface area contributed by atoms with E-state index in [1.807, 2.05) is 0 Å². The van der Waals surface area contributed by atoms with E-state index < -0.39 is 5.97 Å². The highest BCUT2D eigenvalue weighted by Gasteiger charge is 2.22. The number of carboxylic acid groups (broad SMARTS) is 1. The fourth-order valence-corrected chi connectivity index (χ4v) is 1.13. The van der Waals surface area contributed by atoms with Crippen molar-refractivity contribution >= 4 is 5.97 Å². The summed E-state index contributed by atoms with van der Waals surface area (Å²) < 4.78 is 9.50. The summed E-state index contributed by atoms with van der Waals surface area (Å²) in [6.45, 7) is 1.53. The standard InChI is InChI=1S/C8H6N2O4/c1-4-6(8(11)12)7(10-14-4)5-2-13-3-9-5/h2-3H,1H3,(H,11,12). The van der Waals surface area contributed by atoms with Crippen molar-refractivity contribution in [2.24, 2.45) is 0 Å². The lowest BCUT2D eigenvalue weighted by Crippen LogP contribution is -1.99. The number of oxazole rings is 1. The number of rotatable bonds is 2. The molecule has 6 nitrogen and oxygen atoms in total. The van der Waals surface area contributed by atoms with Crippen molar-refractivity contribution in [2.45, 2.75) is 6.92 Å². The highest BCUT2D eigenvalue weighted by atomic mass is 16.5. The number of nitrogens with zero attached hydrogens (tertiary/aromatic N) is 2. The second-order valence-corrected chi connectivity index (χ2v) is 2.64. The van der Waals surface area contributed by atoms with Gasteiger partial charge in [-0.05, 0) is 6.92 Å². The normalized spacial score (nSPS) is 10.4. The van der Waals surface area contributed by atoms with E-state index in [4.69, 9.17) is 14.0 Å². The molecule has 0 aromatic carbocycles. The smallest absolute Gasteiger partial charge is 0.341 e. The molecule has 0 saturated carbocycles. The zero-order valence-corrected chi connectivity index (χ0v) is 7.22. The first-order chi connectivity index (χ1) is 6.70. The molecular formula is C8H6N2O4. The summed E-state index contributed by atoms with van der Waals surface area (Å²) in [6.07, 6.45) is 2.51. The zero-order valence-electron chi connectivity index (χ0n) is 7.22. The van der Waals surface area contributed by atoms with Gasteiger partial charge < -0.3 is 14.0 Å². The summed E-state index contributed by atoms with van der Waals surface area (Å²) in [5, 5.41) is 12.5. The van der Waals surface area contributed by atoms with E-state index in [1.165, 1.54) is 19.6 Å². The maximum absolute atomic E-state index is 10.8. The highest BCUT2D eigenvalue weighted by Crippen LogP contribution is 2.23. The van der Waals surface area contributed by atoms with Crippen LogP contribution in [0.15, 0.2) is 21.6 Å². The molecule has 14 heavy (non-hydrogen) atoms. The SMILES string of the molecule is Cc1onc(-c2cocn2)c1C(=O)O. The second-order valence-electron chi connectivity index (χ2n) is 2.64. The number of aromatic carboxylic acids is 1. The number of carbonyl (C=O) groups is 1. The fraction of sp³-hybridized carbons (Fsp3) is 0.125. The second kappa shape index (κ2) is 2.99. The fourth-order valence-electron chi connectivity index (χ4n) is 1.13. The molecule has 0 aliphatic rings. The number of hydrogen-bond donors (Lipinski definition) is 1. The van der Waals surface area contributed by atoms with Crippen molar-refractivity contribution in [3.8, 4) is 11.4 Å². The molecule has 0 aliphatic carbocycles. The van der Waals surface area contributed by atoms with Gasteiger partial charge in [-0.2, -0.15) is 0 Å². The Bertz CT molecular complexity index is 458. The summed E-state index contributed by atoms with van der Waals surface area (Å²) in [7, 11) is 0. The monoisotopic (exact) mass is 194 g/mol. The topological polar surface area (TPSA) is 89.4 Å². The third-order valence-electron chi connectivity index (χ3n) is 1.75. The lowest BCUT2D eigenvalue weighted by Gasteiger charge is -1.90. The van der Waals surface area contributed by atoms with Crippen molar-refractivity contribution in [2.75, 3.05) is 0 Å². The van der Waals surface area contributed by atoms with Crippen LogP contribution < -0.4 is 0 Å². The van der Waals surface area contributed by atoms with Gasteiger partial charge in [0.25, 0.3) is 0 Å². The van der Waals surface area contributed by atoms with Gasteiger partial charge in [0.05, 0.1) is 0 Å². The minimum atomic E-state index is -1.10. The summed E-state index contributed by atoms with van der Waals surface area (Å²) in [4.78, 5) is 14.6. The Balaban J connectivity index is 2.60. The van der Waals surface area contributed by atoms with Gasteiger partial charge in [0.15, 0.2) is 6.39 Å². The average Bonchev–Trinajstić information content (AvgIpc) is 2.70. The maximum Gasteiger partial charge on any atom is 0.341 e. The lowest BCUT2D eigenvalue weighted by molar-refractivity contribution is 0.0695. The highest BCUT2D eigenvalue weighted by molar-refractivity contribution is 5.95. The van der Waals surface area contributed by atoms with Crippen LogP contribution in [0.5, 0.6) is 0 Å². The van der Waals surface area contributed by atoms with Crippen molar-refractivity contribution in [3.63, 3.8) is 0 Å². The molecule has 0 unspecified atom stereocenters. The first-order valence-corrected chi connectivity index (χ1v) is 3.78. The molecule has 0 radical (unpaired) electrons. The third-order valence-corrected chi connectivity index (χ3v) is 1.75. The Morgan fingerprint density at radius 1 is 1.57 bits per heavy atom. The van der Waals surface area contributed by atoms with E-state index >= 15 is 0 Å². The van der Waals surface area contributed by atoms with Gasteiger partial charge in [0.1, 0.15) is 29.0 Å². The van der Waals surface area contributed by atoms with Crippen LogP contribution in [0.2, 0.25) is 0 Å². The van der Waals surface area contributed by atoms with Gasteiger partial charge in [0, 0.05) is 0 Å². The number of aryl methyl sites for hydroxylation is 1. The Morgan fingerprint density at radius 3 is 2.93 bits per heavy atom. The lowest BCUT2D eigenvalue weighted by atomic mass is 10.1. The van der Waals surface area contributed by atoms with Crippen LogP contribution in [0.25, 0.3) is 11.4 Å². The molecule has 2 rings (SSSR count). The van der Waals surface area contributed by atoms with Crippen LogP contribution >= 0.6 is 0 Å². The minimum Gasteiger partial charge on any atom is -0.477 e. The molecular weight excluding hydrogens is 188 g/mol. The van der Waals surface area contributed by atoms with E-state index in [0.717, 1.165) is 0 Å². The van der Waals surface area contributed by atoms with Gasteiger partial charge in [0.2, 0.25) is 0 Å². The molecule has 0 bridgehead atoms. The summed E-state index contributed by atoms with van der Waals surface area (Å²) in [5.74, 6) is -0.850. The predicted molar refractivity (Wildman–Crippen MR) is 43.7 cm³/mol. The van der Waals surface area contributed by atoms with Gasteiger partial charge >= 0.3 is 5.97 Å². The number of carboxylic acids is 1. The Kier molecular flexibility index (Phi) is 1.81. The number of hydrogen-bond acceptors (Lipinski definition) is 5. The van der Waals surface area contributed by atoms with E-state index in [0.29, 0.717) is 5.69 Å². The summed E-state index contributed by atoms with van der Waals surface area (Å²) in [5.41, 5.74) is 0.543. The molecule has 6 heteroatoms. The van der Waals surface area contributed by atoms with E-state index in [9.17, 15) is 4.79 Å². The summed E-state index contributed by atoms with van der Waals surface area (Å²) in [6, 6.07) is 0. The molecule has 0 spiro atoms. The molecule has 0 atom stereocenters. The van der Waals surface area contributed by atoms with Crippen LogP contribution in [-0.4, -0.2) is 21.2 Å². The van der Waals surface area contributed by atoms with Crippen LogP contribution in [-0.2, 0) is 0 Å². The molecule has 0 amide bonds. The molecule has 2 heterocycles. The molecule has 2 aromatic heterocycles. The summed E-state index contributed by atoms with van der Waals surface area (Å²) >= 11 is 0. The van der Waals surface area contributed by atoms with E-state index in [-0.39, 0.29) is 17.0 Å². The quantitative estimate of drug-likeness (QED) is 0.775. The third kappa shape index (κ3) is 1.17. The van der Waals surface area contributed by atoms with Gasteiger partial charge in [-0.1, -0.05) is 5.16 Å². The van der Waals surface area contributed by atoms with Crippen LogP contribution in [0.1, 0.15) is 16.1 Å². The molecule has 2 aromatic rings. The van der Waals surface area contributed by atoms with Crippen molar-refractivity contribution in [3.05, 3.63) is 24.0 Å². The van der Waals surface area contributed by atoms with Crippen LogP contribution in [0, 0.1) is 6.92 Å². The largest absolute Gasteiger partial charge is 0.477 e. The maximum atomic E-state index is 10.8. The predicted octanol–water partition coefficient (Wildman–Crippen LogP) is 1.34. The van der Waals surface area contributed by atoms with E-state index in [2.05, 4.69) is 10.1 Å². The average molecular weight is 194 g/mol. The first-order valence-electron chi connectivity index (χ1n) is 3.78. The van der Waals surface area contributed by atoms with Crippen molar-refractivity contribution in [1.29, 1.82) is 0 Å². The molecule has 0 aliphatic heterocycles. The zero-order chi connectivity index (χ0) is 10.1. The van der Waals surface area contributed by atoms with Crippen LogP contribution in [0.4, 0.5) is 0 Å². The molecule has 72 valence electrons. The Labute approximate surface area is 78.2 Å². The first kappa shape index (κ1) is 8.49. The minimum absolute atomic E-state index is 0.0129. The van der Waals surface area contributed by atoms with Crippen molar-refractivity contribution < 1.29 is 18.8 Å². The Hall–Kier alpha value is -2.11. The number of aromatic nitrogens is 2. The molecule has 0 saturated heterocycles. The molecule has 0 fully saturated rings. The van der Waals surface area contributed by atoms with Crippen LogP contribution in [0.3, 0.4) is 0 Å². The van der Waals surface area contributed by atoms with Gasteiger partial charge in [-0.3, -0.25) is 0 Å². The Morgan fingerprint density at radius 2 is 2.36 bits per heavy atom. The van der Waals surface area contributed by atoms with Crippen molar-refractivity contribution in [1.82, 2.24) is 10.1 Å². The van der Waals surface area contributed by atoms with Gasteiger partial charge in [-0.25, -0.2) is 9.78 Å². The van der Waals surface area contributed by atoms with E-state index in [1.54, 1.807) is 0 Å².